The largest absolute Gasteiger partial charge is 0.481 e. The van der Waals surface area contributed by atoms with Gasteiger partial charge in [-0.05, 0) is 19.8 Å². The van der Waals surface area contributed by atoms with Crippen molar-refractivity contribution < 1.29 is 14.7 Å². The fraction of sp³-hybridized carbons (Fsp3) is 0.692. The Labute approximate surface area is 108 Å². The Balaban J connectivity index is 2.69. The summed E-state index contributed by atoms with van der Waals surface area (Å²) in [5, 5.41) is 9.13. The third kappa shape index (κ3) is 2.95. The molecule has 1 saturated heterocycles. The number of hydrogen-bond acceptors (Lipinski definition) is 2. The fourth-order valence-corrected chi connectivity index (χ4v) is 2.12. The third-order valence-electron chi connectivity index (χ3n) is 3.31. The summed E-state index contributed by atoms with van der Waals surface area (Å²) < 4.78 is 0. The average molecular weight is 252 g/mol. The van der Waals surface area contributed by atoms with Gasteiger partial charge in [0.15, 0.2) is 0 Å². The average Bonchev–Trinajstić information content (AvgIpc) is 2.72. The van der Waals surface area contributed by atoms with Crippen molar-refractivity contribution in [3.8, 4) is 12.3 Å². The maximum Gasteiger partial charge on any atom is 0.320 e. The minimum Gasteiger partial charge on any atom is -0.481 e. The highest BCUT2D eigenvalue weighted by Crippen LogP contribution is 2.30. The number of terminal acetylenes is 1. The molecule has 0 bridgehead atoms. The lowest BCUT2D eigenvalue weighted by Gasteiger charge is -2.27. The monoisotopic (exact) mass is 252 g/mol. The Bertz CT molecular complexity index is 375. The van der Waals surface area contributed by atoms with E-state index in [4.69, 9.17) is 11.5 Å². The van der Waals surface area contributed by atoms with Crippen molar-refractivity contribution in [1.82, 2.24) is 9.80 Å². The van der Waals surface area contributed by atoms with Gasteiger partial charge in [-0.25, -0.2) is 4.79 Å². The van der Waals surface area contributed by atoms with Gasteiger partial charge in [-0.3, -0.25) is 4.79 Å². The Kier molecular flexibility index (Phi) is 4.60. The molecule has 1 unspecified atom stereocenters. The van der Waals surface area contributed by atoms with E-state index in [-0.39, 0.29) is 19.1 Å². The van der Waals surface area contributed by atoms with Crippen LogP contribution in [0.1, 0.15) is 26.7 Å². The van der Waals surface area contributed by atoms with Crippen LogP contribution in [0.2, 0.25) is 0 Å². The number of carbonyl (C=O) groups excluding carboxylic acids is 1. The molecule has 2 amide bonds. The van der Waals surface area contributed by atoms with Crippen molar-refractivity contribution in [2.75, 3.05) is 26.2 Å². The molecule has 1 aliphatic heterocycles. The summed E-state index contributed by atoms with van der Waals surface area (Å²) in [5.74, 6) is 1.61. The van der Waals surface area contributed by atoms with Crippen LogP contribution in [0.25, 0.3) is 0 Å². The molecule has 0 saturated carbocycles. The van der Waals surface area contributed by atoms with Crippen molar-refractivity contribution >= 4 is 12.0 Å². The van der Waals surface area contributed by atoms with E-state index in [2.05, 4.69) is 5.92 Å². The number of carboxylic acids is 1. The summed E-state index contributed by atoms with van der Waals surface area (Å²) in [7, 11) is 0. The summed E-state index contributed by atoms with van der Waals surface area (Å²) in [6.07, 6.45) is 6.56. The first kappa shape index (κ1) is 14.4. The van der Waals surface area contributed by atoms with Gasteiger partial charge in [-0.2, -0.15) is 0 Å². The highest BCUT2D eigenvalue weighted by molar-refractivity contribution is 5.79. The van der Waals surface area contributed by atoms with E-state index in [9.17, 15) is 9.59 Å². The minimum atomic E-state index is -0.850. The Morgan fingerprint density at radius 3 is 2.67 bits per heavy atom. The summed E-state index contributed by atoms with van der Waals surface area (Å²) in [4.78, 5) is 26.5. The van der Waals surface area contributed by atoms with Gasteiger partial charge in [0.2, 0.25) is 0 Å². The quantitative estimate of drug-likeness (QED) is 0.766. The van der Waals surface area contributed by atoms with E-state index in [1.54, 1.807) is 16.7 Å². The van der Waals surface area contributed by atoms with E-state index >= 15 is 0 Å². The normalized spacial score (nSPS) is 22.6. The molecule has 0 aliphatic carbocycles. The van der Waals surface area contributed by atoms with Crippen molar-refractivity contribution in [2.45, 2.75) is 26.7 Å². The van der Waals surface area contributed by atoms with Gasteiger partial charge in [0, 0.05) is 19.6 Å². The van der Waals surface area contributed by atoms with Crippen molar-refractivity contribution in [3.05, 3.63) is 0 Å². The van der Waals surface area contributed by atoms with Crippen LogP contribution in [0, 0.1) is 17.8 Å². The highest BCUT2D eigenvalue weighted by Gasteiger charge is 2.42. The number of urea groups is 1. The number of carbonyl (C=O) groups is 2. The molecule has 1 rings (SSSR count). The predicted octanol–water partition coefficient (Wildman–Crippen LogP) is 1.25. The van der Waals surface area contributed by atoms with Crippen molar-refractivity contribution in [1.29, 1.82) is 0 Å². The van der Waals surface area contributed by atoms with Crippen LogP contribution < -0.4 is 0 Å². The van der Waals surface area contributed by atoms with Gasteiger partial charge in [0.05, 0.1) is 12.0 Å². The molecule has 1 atom stereocenters. The van der Waals surface area contributed by atoms with Crippen LogP contribution in [0.4, 0.5) is 4.79 Å². The zero-order chi connectivity index (χ0) is 13.8. The second kappa shape index (κ2) is 5.76. The van der Waals surface area contributed by atoms with Gasteiger partial charge in [-0.15, -0.1) is 6.42 Å². The summed E-state index contributed by atoms with van der Waals surface area (Å²) in [6.45, 7) is 5.25. The van der Waals surface area contributed by atoms with Crippen LogP contribution >= 0.6 is 0 Å². The number of amides is 2. The molecule has 1 aliphatic rings. The number of nitrogens with zero attached hydrogens (tertiary/aromatic N) is 2. The molecule has 0 radical (unpaired) electrons. The molecule has 0 aromatic carbocycles. The molecule has 0 aromatic rings. The van der Waals surface area contributed by atoms with Crippen molar-refractivity contribution in [2.24, 2.45) is 5.41 Å². The number of likely N-dealkylation sites (tertiary alicyclic amines) is 1. The Morgan fingerprint density at radius 1 is 1.56 bits per heavy atom. The van der Waals surface area contributed by atoms with E-state index in [1.807, 2.05) is 6.92 Å². The molecule has 0 spiro atoms. The van der Waals surface area contributed by atoms with Crippen LogP contribution in [-0.4, -0.2) is 53.1 Å². The molecular weight excluding hydrogens is 232 g/mol. The second-order valence-corrected chi connectivity index (χ2v) is 4.95. The van der Waals surface area contributed by atoms with Gasteiger partial charge in [-0.1, -0.05) is 12.8 Å². The van der Waals surface area contributed by atoms with E-state index in [0.717, 1.165) is 6.42 Å². The van der Waals surface area contributed by atoms with Crippen LogP contribution in [-0.2, 0) is 4.79 Å². The lowest BCUT2D eigenvalue weighted by Crippen LogP contribution is -2.44. The number of carboxylic acid groups (broad SMARTS) is 1. The first-order valence-electron chi connectivity index (χ1n) is 6.15. The zero-order valence-electron chi connectivity index (χ0n) is 11.0. The molecule has 0 aromatic heterocycles. The van der Waals surface area contributed by atoms with E-state index in [0.29, 0.717) is 19.5 Å². The summed E-state index contributed by atoms with van der Waals surface area (Å²) >= 11 is 0. The van der Waals surface area contributed by atoms with Gasteiger partial charge >= 0.3 is 12.0 Å². The highest BCUT2D eigenvalue weighted by atomic mass is 16.4. The number of rotatable bonds is 4. The third-order valence-corrected chi connectivity index (χ3v) is 3.31. The van der Waals surface area contributed by atoms with Crippen LogP contribution in [0.3, 0.4) is 0 Å². The van der Waals surface area contributed by atoms with Gasteiger partial charge in [0.25, 0.3) is 0 Å². The molecule has 1 N–H and O–H groups in total. The molecule has 1 fully saturated rings. The molecule has 5 heteroatoms. The molecule has 18 heavy (non-hydrogen) atoms. The maximum atomic E-state index is 12.2. The smallest absolute Gasteiger partial charge is 0.320 e. The van der Waals surface area contributed by atoms with Crippen molar-refractivity contribution in [3.63, 3.8) is 0 Å². The lowest BCUT2D eigenvalue weighted by molar-refractivity contribution is -0.147. The Morgan fingerprint density at radius 2 is 2.22 bits per heavy atom. The first-order chi connectivity index (χ1) is 8.44. The van der Waals surface area contributed by atoms with Gasteiger partial charge < -0.3 is 14.9 Å². The van der Waals surface area contributed by atoms with Crippen LogP contribution in [0.5, 0.6) is 0 Å². The fourth-order valence-electron chi connectivity index (χ4n) is 2.12. The summed E-state index contributed by atoms with van der Waals surface area (Å²) in [6, 6.07) is -0.153. The lowest BCUT2D eigenvalue weighted by atomic mass is 9.90. The molecule has 100 valence electrons. The Hall–Kier alpha value is -1.70. The topological polar surface area (TPSA) is 60.9 Å². The number of hydrogen-bond donors (Lipinski definition) is 1. The maximum absolute atomic E-state index is 12.2. The van der Waals surface area contributed by atoms with E-state index < -0.39 is 11.4 Å². The first-order valence-corrected chi connectivity index (χ1v) is 6.15. The van der Waals surface area contributed by atoms with E-state index in [1.165, 1.54) is 0 Å². The number of aliphatic carboxylic acids is 1. The second-order valence-electron chi connectivity index (χ2n) is 4.95. The molecule has 5 nitrogen and oxygen atoms in total. The summed E-state index contributed by atoms with van der Waals surface area (Å²) in [5.41, 5.74) is -0.830. The molecular formula is C13H20N2O3. The standard InChI is InChI=1S/C13H20N2O3/c1-4-7-14(8-5-2)12(18)15-9-6-13(3,10-15)11(16)17/h1H,5-10H2,2-3H3,(H,16,17). The predicted molar refractivity (Wildman–Crippen MR) is 68.0 cm³/mol. The zero-order valence-corrected chi connectivity index (χ0v) is 11.0. The molecule has 1 heterocycles. The minimum absolute atomic E-state index is 0.153. The SMILES string of the molecule is C#CCN(CCC)C(=O)N1CCC(C)(C(=O)O)C1. The van der Waals surface area contributed by atoms with Gasteiger partial charge in [0.1, 0.15) is 0 Å². The van der Waals surface area contributed by atoms with Crippen LogP contribution in [0.15, 0.2) is 0 Å².